The van der Waals surface area contributed by atoms with E-state index in [9.17, 15) is 0 Å². The third-order valence-corrected chi connectivity index (χ3v) is 6.61. The maximum Gasteiger partial charge on any atom is 0.0410 e. The molecule has 0 amide bonds. The Hall–Kier alpha value is -3.26. The van der Waals surface area contributed by atoms with Gasteiger partial charge in [-0.1, -0.05) is 151 Å². The van der Waals surface area contributed by atoms with Crippen molar-refractivity contribution in [2.75, 3.05) is 0 Å². The molecule has 222 valence electrons. The average molecular weight is 553 g/mol. The first-order valence-corrected chi connectivity index (χ1v) is 16.1. The van der Waals surface area contributed by atoms with Crippen LogP contribution >= 0.6 is 0 Å². The van der Waals surface area contributed by atoms with Crippen LogP contribution in [-0.4, -0.2) is 11.2 Å². The van der Waals surface area contributed by atoms with E-state index in [2.05, 4.69) is 99.0 Å². The lowest BCUT2D eigenvalue weighted by Crippen LogP contribution is -1.94. The van der Waals surface area contributed by atoms with E-state index >= 15 is 0 Å². The molecule has 41 heavy (non-hydrogen) atoms. The van der Waals surface area contributed by atoms with Gasteiger partial charge in [0.1, 0.15) is 0 Å². The molecular weight excluding hydrogens is 496 g/mol. The van der Waals surface area contributed by atoms with E-state index in [1.165, 1.54) is 73.9 Å². The predicted octanol–water partition coefficient (Wildman–Crippen LogP) is 11.9. The number of aliphatic imine (C=N–C) groups is 1. The smallest absolute Gasteiger partial charge is 0.0410 e. The number of benzene rings is 1. The summed E-state index contributed by atoms with van der Waals surface area (Å²) >= 11 is 0. The van der Waals surface area contributed by atoms with Crippen molar-refractivity contribution < 1.29 is 0 Å². The summed E-state index contributed by atoms with van der Waals surface area (Å²) in [4.78, 5) is 9.64. The van der Waals surface area contributed by atoms with Gasteiger partial charge in [-0.15, -0.1) is 0 Å². The highest BCUT2D eigenvalue weighted by Crippen LogP contribution is 2.17. The normalized spacial score (nSPS) is 12.4. The molecule has 0 bridgehead atoms. The summed E-state index contributed by atoms with van der Waals surface area (Å²) in [5.41, 5.74) is 6.08. The van der Waals surface area contributed by atoms with E-state index < -0.39 is 0 Å². The van der Waals surface area contributed by atoms with Gasteiger partial charge in [-0.05, 0) is 61.8 Å². The van der Waals surface area contributed by atoms with Crippen LogP contribution in [0, 0.1) is 0 Å². The summed E-state index contributed by atoms with van der Waals surface area (Å²) in [7, 11) is 0. The topological polar surface area (TPSA) is 25.2 Å². The fourth-order valence-corrected chi connectivity index (χ4v) is 4.31. The molecule has 2 nitrogen and oxygen atoms in total. The number of aryl methyl sites for hydroxylation is 1. The van der Waals surface area contributed by atoms with Crippen molar-refractivity contribution in [1.82, 2.24) is 4.98 Å². The largest absolute Gasteiger partial charge is 0.266 e. The van der Waals surface area contributed by atoms with Gasteiger partial charge >= 0.3 is 0 Å². The van der Waals surface area contributed by atoms with Crippen molar-refractivity contribution in [1.29, 1.82) is 0 Å². The predicted molar refractivity (Wildman–Crippen MR) is 186 cm³/mol. The average Bonchev–Trinajstić information content (AvgIpc) is 3.01. The summed E-state index contributed by atoms with van der Waals surface area (Å²) in [6, 6.07) is 12.9. The molecule has 0 fully saturated rings. The lowest BCUT2D eigenvalue weighted by molar-refractivity contribution is 0.660. The third kappa shape index (κ3) is 17.9. The summed E-state index contributed by atoms with van der Waals surface area (Å²) in [5.74, 6) is 0. The number of nitrogens with zero attached hydrogens (tertiary/aromatic N) is 2. The van der Waals surface area contributed by atoms with Crippen LogP contribution in [0.1, 0.15) is 121 Å². The lowest BCUT2D eigenvalue weighted by Gasteiger charge is -2.06. The number of allylic oxidation sites excluding steroid dienone is 8. The molecule has 2 heteroatoms. The van der Waals surface area contributed by atoms with Crippen LogP contribution < -0.4 is 0 Å². The Balaban J connectivity index is 0.00000411. The van der Waals surface area contributed by atoms with Crippen LogP contribution in [0.3, 0.4) is 0 Å². The van der Waals surface area contributed by atoms with Crippen molar-refractivity contribution in [2.45, 2.75) is 112 Å². The number of hydrogen-bond acceptors (Lipinski definition) is 2. The van der Waals surface area contributed by atoms with E-state index in [1.54, 1.807) is 0 Å². The first-order chi connectivity index (χ1) is 20.3. The monoisotopic (exact) mass is 552 g/mol. The fraction of sp³-hybridized carbons (Fsp3) is 0.436. The molecule has 0 spiro atoms. The SMILES string of the molecule is CC.C\C=C/C=C\C=C\c1cc(CCCCCC)ncc1/C=C\CC=N/C(=C\Cc1ccccc1)CCCCCC. The number of rotatable bonds is 19. The maximum atomic E-state index is 4.87. The molecule has 0 aliphatic heterocycles. The molecule has 0 aliphatic rings. The highest BCUT2D eigenvalue weighted by atomic mass is 14.7. The molecule has 2 aromatic rings. The zero-order valence-electron chi connectivity index (χ0n) is 26.7. The summed E-state index contributed by atoms with van der Waals surface area (Å²) in [6.07, 6.45) is 37.2. The van der Waals surface area contributed by atoms with Crippen LogP contribution in [0.5, 0.6) is 0 Å². The highest BCUT2D eigenvalue weighted by molar-refractivity contribution is 5.68. The minimum absolute atomic E-state index is 0.806. The third-order valence-electron chi connectivity index (χ3n) is 6.61. The quantitative estimate of drug-likeness (QED) is 0.0966. The Morgan fingerprint density at radius 1 is 0.805 bits per heavy atom. The van der Waals surface area contributed by atoms with Crippen LogP contribution in [0.15, 0.2) is 95.8 Å². The molecule has 0 atom stereocenters. The summed E-state index contributed by atoms with van der Waals surface area (Å²) in [6.45, 7) is 10.5. The van der Waals surface area contributed by atoms with Gasteiger partial charge in [0.05, 0.1) is 0 Å². The summed E-state index contributed by atoms with van der Waals surface area (Å²) < 4.78 is 0. The summed E-state index contributed by atoms with van der Waals surface area (Å²) in [5, 5.41) is 0. The maximum absolute atomic E-state index is 4.87. The van der Waals surface area contributed by atoms with Crippen LogP contribution in [0.25, 0.3) is 12.2 Å². The van der Waals surface area contributed by atoms with Gasteiger partial charge < -0.3 is 0 Å². The van der Waals surface area contributed by atoms with Gasteiger partial charge in [-0.25, -0.2) is 0 Å². The van der Waals surface area contributed by atoms with E-state index in [-0.39, 0.29) is 0 Å². The molecule has 0 aliphatic carbocycles. The van der Waals surface area contributed by atoms with Gasteiger partial charge in [0, 0.05) is 30.2 Å². The van der Waals surface area contributed by atoms with Crippen molar-refractivity contribution in [3.05, 3.63) is 113 Å². The number of pyridine rings is 1. The molecule has 1 aromatic heterocycles. The van der Waals surface area contributed by atoms with Crippen LogP contribution in [-0.2, 0) is 12.8 Å². The second kappa shape index (κ2) is 25.7. The van der Waals surface area contributed by atoms with Gasteiger partial charge in [0.2, 0.25) is 0 Å². The molecule has 2 rings (SSSR count). The molecule has 0 saturated heterocycles. The van der Waals surface area contributed by atoms with Gasteiger partial charge in [-0.2, -0.15) is 0 Å². The van der Waals surface area contributed by atoms with Crippen molar-refractivity contribution in [3.8, 4) is 0 Å². The van der Waals surface area contributed by atoms with Crippen molar-refractivity contribution >= 4 is 18.4 Å². The minimum Gasteiger partial charge on any atom is -0.266 e. The molecular formula is C39H56N2. The minimum atomic E-state index is 0.806. The van der Waals surface area contributed by atoms with E-state index in [0.29, 0.717) is 0 Å². The first-order valence-electron chi connectivity index (χ1n) is 16.1. The van der Waals surface area contributed by atoms with E-state index in [4.69, 9.17) is 9.98 Å². The second-order valence-corrected chi connectivity index (χ2v) is 10.0. The Labute approximate surface area is 252 Å². The highest BCUT2D eigenvalue weighted by Gasteiger charge is 2.02. The number of aromatic nitrogens is 1. The molecule has 0 N–H and O–H groups in total. The molecule has 1 heterocycles. The van der Waals surface area contributed by atoms with Gasteiger partial charge in [-0.3, -0.25) is 9.98 Å². The van der Waals surface area contributed by atoms with Crippen LogP contribution in [0.2, 0.25) is 0 Å². The van der Waals surface area contributed by atoms with E-state index in [1.807, 2.05) is 39.1 Å². The standard InChI is InChI=1S/C37H50N2.C2H6/c1-4-7-10-13-17-24-34-31-37(27-19-12-9-6-3)39-32-35(34)25-20-21-30-38-36(26-18-11-8-5-2)29-28-33-22-15-14-16-23-33;1-2/h4,7,10,13-17,20,22-25,29-32H,5-6,8-9,11-12,18-19,21,26-28H2,1-3H3;1-2H3/b7-4-,13-10-,24-17+,25-20-,36-29-,38-30?;. The Kier molecular flexibility index (Phi) is 22.4. The zero-order valence-corrected chi connectivity index (χ0v) is 26.7. The van der Waals surface area contributed by atoms with Crippen molar-refractivity contribution in [3.63, 3.8) is 0 Å². The first kappa shape index (κ1) is 35.8. The Morgan fingerprint density at radius 3 is 2.27 bits per heavy atom. The molecule has 0 saturated carbocycles. The lowest BCUT2D eigenvalue weighted by atomic mass is 10.0. The van der Waals surface area contributed by atoms with Gasteiger partial charge in [0.25, 0.3) is 0 Å². The van der Waals surface area contributed by atoms with Crippen molar-refractivity contribution in [2.24, 2.45) is 4.99 Å². The Morgan fingerprint density at radius 2 is 1.54 bits per heavy atom. The zero-order chi connectivity index (χ0) is 29.8. The number of unbranched alkanes of at least 4 members (excludes halogenated alkanes) is 6. The van der Waals surface area contributed by atoms with Gasteiger partial charge in [0.15, 0.2) is 0 Å². The number of hydrogen-bond donors (Lipinski definition) is 0. The fourth-order valence-electron chi connectivity index (χ4n) is 4.31. The van der Waals surface area contributed by atoms with Crippen LogP contribution in [0.4, 0.5) is 0 Å². The molecule has 1 aromatic carbocycles. The Bertz CT molecular complexity index is 1080. The molecule has 0 unspecified atom stereocenters. The van der Waals surface area contributed by atoms with E-state index in [0.717, 1.165) is 31.2 Å². The second-order valence-electron chi connectivity index (χ2n) is 10.0. The molecule has 0 radical (unpaired) electrons.